The molecule has 2 rings (SSSR count). The third kappa shape index (κ3) is 7.53. The number of anilines is 2. The van der Waals surface area contributed by atoms with Crippen LogP contribution in [0.2, 0.25) is 0 Å². The number of quaternary nitrogens is 1. The average Bonchev–Trinajstić information content (AvgIpc) is 2.76. The van der Waals surface area contributed by atoms with Crippen molar-refractivity contribution in [3.05, 3.63) is 60.2 Å². The largest absolute Gasteiger partial charge is 0.334 e. The molecular weight excluding hydrogens is 392 g/mol. The lowest BCUT2D eigenvalue weighted by Crippen LogP contribution is -3.17. The number of hydrogen-bond donors (Lipinski definition) is 3. The Morgan fingerprint density at radius 2 is 1.52 bits per heavy atom. The molecule has 1 unspecified atom stereocenters. The molecular formula is C24H33N4O3+. The second-order valence-electron chi connectivity index (χ2n) is 7.55. The van der Waals surface area contributed by atoms with Crippen molar-refractivity contribution in [1.29, 1.82) is 0 Å². The molecule has 0 heterocycles. The minimum Gasteiger partial charge on any atom is -0.334 e. The summed E-state index contributed by atoms with van der Waals surface area (Å²) in [4.78, 5) is 39.5. The summed E-state index contributed by atoms with van der Waals surface area (Å²) in [7, 11) is 0. The Balaban J connectivity index is 1.95. The van der Waals surface area contributed by atoms with Gasteiger partial charge in [-0.1, -0.05) is 30.3 Å². The first-order chi connectivity index (χ1) is 14.8. The highest BCUT2D eigenvalue weighted by Crippen LogP contribution is 2.13. The Bertz CT molecular complexity index is 868. The molecule has 3 amide bonds. The summed E-state index contributed by atoms with van der Waals surface area (Å²) in [6.07, 6.45) is 0. The molecule has 0 bridgehead atoms. The van der Waals surface area contributed by atoms with Gasteiger partial charge in [0, 0.05) is 31.4 Å². The topological polar surface area (TPSA) is 83.0 Å². The summed E-state index contributed by atoms with van der Waals surface area (Å²) < 4.78 is 0. The molecule has 0 fully saturated rings. The van der Waals surface area contributed by atoms with Crippen molar-refractivity contribution in [2.45, 2.75) is 40.3 Å². The molecule has 2 aromatic rings. The van der Waals surface area contributed by atoms with Crippen molar-refractivity contribution < 1.29 is 19.3 Å². The van der Waals surface area contributed by atoms with Gasteiger partial charge >= 0.3 is 0 Å². The number of carbonyl (C=O) groups is 3. The van der Waals surface area contributed by atoms with E-state index in [1.807, 2.05) is 56.0 Å². The Morgan fingerprint density at radius 3 is 2.03 bits per heavy atom. The number of benzene rings is 2. The highest BCUT2D eigenvalue weighted by Gasteiger charge is 2.29. The van der Waals surface area contributed by atoms with Crippen LogP contribution in [0.25, 0.3) is 0 Å². The van der Waals surface area contributed by atoms with E-state index in [4.69, 9.17) is 0 Å². The van der Waals surface area contributed by atoms with Gasteiger partial charge < -0.3 is 20.4 Å². The van der Waals surface area contributed by atoms with Crippen LogP contribution in [-0.4, -0.2) is 48.3 Å². The Kier molecular flexibility index (Phi) is 9.21. The minimum atomic E-state index is -0.332. The molecule has 166 valence electrons. The minimum absolute atomic E-state index is 0.0377. The summed E-state index contributed by atoms with van der Waals surface area (Å²) >= 11 is 0. The SMILES string of the molecule is CCN(Cc1ccccc1)C(=O)[C@@H](C)[NH+](CC)CC(=O)Nc1ccc(NC(C)=O)cc1. The van der Waals surface area contributed by atoms with Crippen molar-refractivity contribution in [2.24, 2.45) is 0 Å². The quantitative estimate of drug-likeness (QED) is 0.544. The van der Waals surface area contributed by atoms with Gasteiger partial charge in [0.2, 0.25) is 5.91 Å². The summed E-state index contributed by atoms with van der Waals surface area (Å²) in [5.74, 6) is -0.267. The van der Waals surface area contributed by atoms with Crippen molar-refractivity contribution in [2.75, 3.05) is 30.3 Å². The fourth-order valence-corrected chi connectivity index (χ4v) is 3.43. The lowest BCUT2D eigenvalue weighted by atomic mass is 10.1. The monoisotopic (exact) mass is 425 g/mol. The smallest absolute Gasteiger partial charge is 0.280 e. The Morgan fingerprint density at radius 1 is 0.935 bits per heavy atom. The van der Waals surface area contributed by atoms with E-state index in [1.54, 1.807) is 24.3 Å². The van der Waals surface area contributed by atoms with Crippen LogP contribution >= 0.6 is 0 Å². The maximum atomic E-state index is 13.1. The van der Waals surface area contributed by atoms with Gasteiger partial charge in [-0.2, -0.15) is 0 Å². The lowest BCUT2D eigenvalue weighted by molar-refractivity contribution is -0.904. The van der Waals surface area contributed by atoms with Gasteiger partial charge in [-0.05, 0) is 50.6 Å². The van der Waals surface area contributed by atoms with Crippen LogP contribution in [0.1, 0.15) is 33.3 Å². The van der Waals surface area contributed by atoms with Crippen LogP contribution < -0.4 is 15.5 Å². The summed E-state index contributed by atoms with van der Waals surface area (Å²) in [6.45, 7) is 9.29. The number of rotatable bonds is 10. The molecule has 0 spiro atoms. The molecule has 7 heteroatoms. The van der Waals surface area contributed by atoms with E-state index < -0.39 is 0 Å². The first-order valence-corrected chi connectivity index (χ1v) is 10.7. The maximum absolute atomic E-state index is 13.1. The lowest BCUT2D eigenvalue weighted by Gasteiger charge is -2.29. The second-order valence-corrected chi connectivity index (χ2v) is 7.55. The van der Waals surface area contributed by atoms with Crippen molar-refractivity contribution in [3.8, 4) is 0 Å². The summed E-state index contributed by atoms with van der Waals surface area (Å²) in [6, 6.07) is 16.5. The van der Waals surface area contributed by atoms with Crippen LogP contribution in [0.15, 0.2) is 54.6 Å². The highest BCUT2D eigenvalue weighted by atomic mass is 16.2. The van der Waals surface area contributed by atoms with Gasteiger partial charge in [0.05, 0.1) is 6.54 Å². The Labute approximate surface area is 184 Å². The Hall–Kier alpha value is -3.19. The number of nitrogens with one attached hydrogen (secondary N) is 3. The zero-order valence-corrected chi connectivity index (χ0v) is 18.8. The van der Waals surface area contributed by atoms with Gasteiger partial charge in [0.25, 0.3) is 11.8 Å². The zero-order valence-electron chi connectivity index (χ0n) is 18.8. The van der Waals surface area contributed by atoms with Crippen LogP contribution in [0.3, 0.4) is 0 Å². The molecule has 31 heavy (non-hydrogen) atoms. The predicted octanol–water partition coefficient (Wildman–Crippen LogP) is 1.93. The van der Waals surface area contributed by atoms with Gasteiger partial charge in [-0.25, -0.2) is 0 Å². The number of amides is 3. The summed E-state index contributed by atoms with van der Waals surface area (Å²) in [5, 5.41) is 5.56. The van der Waals surface area contributed by atoms with E-state index in [2.05, 4.69) is 10.6 Å². The molecule has 0 radical (unpaired) electrons. The maximum Gasteiger partial charge on any atom is 0.280 e. The van der Waals surface area contributed by atoms with Gasteiger partial charge in [0.15, 0.2) is 12.6 Å². The molecule has 3 N–H and O–H groups in total. The molecule has 0 saturated carbocycles. The summed E-state index contributed by atoms with van der Waals surface area (Å²) in [5.41, 5.74) is 2.40. The van der Waals surface area contributed by atoms with Crippen molar-refractivity contribution in [1.82, 2.24) is 4.90 Å². The van der Waals surface area contributed by atoms with E-state index >= 15 is 0 Å². The average molecular weight is 426 g/mol. The molecule has 2 aromatic carbocycles. The van der Waals surface area contributed by atoms with Gasteiger partial charge in [-0.3, -0.25) is 14.4 Å². The predicted molar refractivity (Wildman–Crippen MR) is 123 cm³/mol. The van der Waals surface area contributed by atoms with E-state index in [0.29, 0.717) is 31.0 Å². The van der Waals surface area contributed by atoms with E-state index in [1.165, 1.54) is 6.92 Å². The highest BCUT2D eigenvalue weighted by molar-refractivity contribution is 5.93. The first kappa shape index (κ1) is 24.1. The third-order valence-corrected chi connectivity index (χ3v) is 5.22. The second kappa shape index (κ2) is 11.9. The molecule has 2 atom stereocenters. The number of nitrogens with zero attached hydrogens (tertiary/aromatic N) is 1. The van der Waals surface area contributed by atoms with Gasteiger partial charge in [0.1, 0.15) is 0 Å². The van der Waals surface area contributed by atoms with Crippen LogP contribution in [0, 0.1) is 0 Å². The van der Waals surface area contributed by atoms with Crippen LogP contribution in [0.5, 0.6) is 0 Å². The molecule has 0 aliphatic carbocycles. The molecule has 0 aliphatic heterocycles. The van der Waals surface area contributed by atoms with Crippen LogP contribution in [0.4, 0.5) is 11.4 Å². The molecule has 0 aliphatic rings. The number of carbonyl (C=O) groups excluding carboxylic acids is 3. The number of hydrogen-bond acceptors (Lipinski definition) is 3. The molecule has 0 saturated heterocycles. The van der Waals surface area contributed by atoms with E-state index in [9.17, 15) is 14.4 Å². The number of likely N-dealkylation sites (N-methyl/N-ethyl adjacent to an activating group) is 2. The van der Waals surface area contributed by atoms with Crippen molar-refractivity contribution in [3.63, 3.8) is 0 Å². The standard InChI is InChI=1S/C24H32N4O3/c1-5-27(17-23(30)26-22-14-12-21(13-15-22)25-19(4)29)18(3)24(31)28(6-2)16-20-10-8-7-9-11-20/h7-15,18H,5-6,16-17H2,1-4H3,(H,25,29)(H,26,30)/p+1/t18-/m1/s1. The zero-order chi connectivity index (χ0) is 22.8. The van der Waals surface area contributed by atoms with E-state index in [-0.39, 0.29) is 30.3 Å². The normalized spacial score (nSPS) is 12.5. The van der Waals surface area contributed by atoms with Gasteiger partial charge in [-0.15, -0.1) is 0 Å². The fourth-order valence-electron chi connectivity index (χ4n) is 3.43. The molecule has 0 aromatic heterocycles. The van der Waals surface area contributed by atoms with E-state index in [0.717, 1.165) is 10.5 Å². The van der Waals surface area contributed by atoms with Crippen LogP contribution in [-0.2, 0) is 20.9 Å². The third-order valence-electron chi connectivity index (χ3n) is 5.22. The molecule has 7 nitrogen and oxygen atoms in total. The first-order valence-electron chi connectivity index (χ1n) is 10.7. The fraction of sp³-hybridized carbons (Fsp3) is 0.375. The van der Waals surface area contributed by atoms with Crippen molar-refractivity contribution >= 4 is 29.1 Å².